The highest BCUT2D eigenvalue weighted by Crippen LogP contribution is 2.22. The van der Waals surface area contributed by atoms with Crippen LogP contribution >= 0.6 is 0 Å². The van der Waals surface area contributed by atoms with Crippen LogP contribution in [0.15, 0.2) is 30.3 Å². The van der Waals surface area contributed by atoms with Crippen molar-refractivity contribution < 1.29 is 14.4 Å². The molecule has 2 N–H and O–H groups in total. The third kappa shape index (κ3) is 4.46. The van der Waals surface area contributed by atoms with E-state index in [9.17, 15) is 14.4 Å². The molecule has 0 unspecified atom stereocenters. The summed E-state index contributed by atoms with van der Waals surface area (Å²) in [6.45, 7) is 4.43. The third-order valence-electron chi connectivity index (χ3n) is 4.16. The van der Waals surface area contributed by atoms with Crippen molar-refractivity contribution in [3.8, 4) is 0 Å². The summed E-state index contributed by atoms with van der Waals surface area (Å²) in [7, 11) is 0. The Bertz CT molecular complexity index is 876. The monoisotopic (exact) mass is 367 g/mol. The lowest BCUT2D eigenvalue weighted by molar-refractivity contribution is -0.120. The molecule has 4 amide bonds. The highest BCUT2D eigenvalue weighted by molar-refractivity contribution is 6.09. The zero-order valence-electron chi connectivity index (χ0n) is 15.3. The molecule has 8 heteroatoms. The van der Waals surface area contributed by atoms with Crippen LogP contribution in [-0.2, 0) is 11.2 Å². The van der Waals surface area contributed by atoms with Gasteiger partial charge in [0, 0.05) is 37.3 Å². The summed E-state index contributed by atoms with van der Waals surface area (Å²) in [5.74, 6) is 0.0707. The maximum atomic E-state index is 12.6. The van der Waals surface area contributed by atoms with E-state index in [-0.39, 0.29) is 24.8 Å². The molecular formula is C19H21N5O3. The maximum Gasteiger partial charge on any atom is 0.328 e. The number of amides is 4. The van der Waals surface area contributed by atoms with Gasteiger partial charge in [0.2, 0.25) is 5.91 Å². The lowest BCUT2D eigenvalue weighted by Gasteiger charge is -2.28. The SMILES string of the molecule is Cc1cc(C)nc(CCNC(=O)c2ccccc2N2CCC(=O)NC2=O)n1. The van der Waals surface area contributed by atoms with E-state index in [1.807, 2.05) is 19.9 Å². The first-order valence-electron chi connectivity index (χ1n) is 8.74. The number of benzene rings is 1. The van der Waals surface area contributed by atoms with Gasteiger partial charge in [0.05, 0.1) is 11.3 Å². The van der Waals surface area contributed by atoms with Gasteiger partial charge < -0.3 is 5.32 Å². The fourth-order valence-electron chi connectivity index (χ4n) is 2.99. The molecule has 1 fully saturated rings. The van der Waals surface area contributed by atoms with E-state index in [0.29, 0.717) is 30.0 Å². The molecule has 1 aromatic heterocycles. The number of hydrogen-bond acceptors (Lipinski definition) is 5. The van der Waals surface area contributed by atoms with Crippen molar-refractivity contribution in [1.82, 2.24) is 20.6 Å². The van der Waals surface area contributed by atoms with Crippen LogP contribution in [-0.4, -0.2) is 40.9 Å². The fourth-order valence-corrected chi connectivity index (χ4v) is 2.99. The highest BCUT2D eigenvalue weighted by atomic mass is 16.2. The summed E-state index contributed by atoms with van der Waals surface area (Å²) < 4.78 is 0. The molecule has 2 aromatic rings. The summed E-state index contributed by atoms with van der Waals surface area (Å²) in [4.78, 5) is 46.2. The molecule has 1 aromatic carbocycles. The van der Waals surface area contributed by atoms with Crippen LogP contribution in [0.2, 0.25) is 0 Å². The molecule has 0 spiro atoms. The highest BCUT2D eigenvalue weighted by Gasteiger charge is 2.27. The molecule has 27 heavy (non-hydrogen) atoms. The van der Waals surface area contributed by atoms with Gasteiger partial charge in [0.1, 0.15) is 5.82 Å². The van der Waals surface area contributed by atoms with Gasteiger partial charge in [0.15, 0.2) is 0 Å². The van der Waals surface area contributed by atoms with Crippen molar-refractivity contribution in [3.63, 3.8) is 0 Å². The number of urea groups is 1. The number of rotatable bonds is 5. The largest absolute Gasteiger partial charge is 0.352 e. The van der Waals surface area contributed by atoms with Gasteiger partial charge in [-0.2, -0.15) is 0 Å². The average Bonchev–Trinajstić information content (AvgIpc) is 2.61. The standard InChI is InChI=1S/C19H21N5O3/c1-12-11-13(2)22-16(21-12)7-9-20-18(26)14-5-3-4-6-15(14)24-10-8-17(25)23-19(24)27/h3-6,11H,7-10H2,1-2H3,(H,20,26)(H,23,25,27). The van der Waals surface area contributed by atoms with Gasteiger partial charge in [-0.05, 0) is 32.0 Å². The molecule has 1 aliphatic heterocycles. The molecule has 1 saturated heterocycles. The van der Waals surface area contributed by atoms with Crippen LogP contribution in [0.25, 0.3) is 0 Å². The van der Waals surface area contributed by atoms with E-state index in [1.54, 1.807) is 24.3 Å². The minimum Gasteiger partial charge on any atom is -0.352 e. The lowest BCUT2D eigenvalue weighted by atomic mass is 10.1. The van der Waals surface area contributed by atoms with Crippen LogP contribution < -0.4 is 15.5 Å². The zero-order valence-corrected chi connectivity index (χ0v) is 15.3. The Morgan fingerprint density at radius 1 is 1.19 bits per heavy atom. The van der Waals surface area contributed by atoms with E-state index in [2.05, 4.69) is 20.6 Å². The van der Waals surface area contributed by atoms with Crippen LogP contribution in [0.3, 0.4) is 0 Å². The third-order valence-corrected chi connectivity index (χ3v) is 4.16. The number of carbonyl (C=O) groups excluding carboxylic acids is 3. The molecule has 1 aliphatic rings. The van der Waals surface area contributed by atoms with Gasteiger partial charge in [-0.1, -0.05) is 12.1 Å². The molecule has 140 valence electrons. The van der Waals surface area contributed by atoms with Crippen LogP contribution in [0.4, 0.5) is 10.5 Å². The van der Waals surface area contributed by atoms with Crippen molar-refractivity contribution in [2.45, 2.75) is 26.7 Å². The quantitative estimate of drug-likeness (QED) is 0.834. The Morgan fingerprint density at radius 3 is 2.59 bits per heavy atom. The molecule has 8 nitrogen and oxygen atoms in total. The van der Waals surface area contributed by atoms with Crippen molar-refractivity contribution in [1.29, 1.82) is 0 Å². The normalized spacial score (nSPS) is 14.1. The number of anilines is 1. The maximum absolute atomic E-state index is 12.6. The Balaban J connectivity index is 1.68. The molecule has 2 heterocycles. The summed E-state index contributed by atoms with van der Waals surface area (Å²) in [5.41, 5.74) is 2.63. The van der Waals surface area contributed by atoms with E-state index in [4.69, 9.17) is 0 Å². The first-order valence-corrected chi connectivity index (χ1v) is 8.74. The number of imide groups is 1. The van der Waals surface area contributed by atoms with Crippen molar-refractivity contribution in [2.75, 3.05) is 18.0 Å². The van der Waals surface area contributed by atoms with E-state index in [1.165, 1.54) is 4.90 Å². The molecule has 0 bridgehead atoms. The van der Waals surface area contributed by atoms with Crippen LogP contribution in [0.5, 0.6) is 0 Å². The summed E-state index contributed by atoms with van der Waals surface area (Å²) >= 11 is 0. The summed E-state index contributed by atoms with van der Waals surface area (Å²) in [5, 5.41) is 5.11. The van der Waals surface area contributed by atoms with E-state index in [0.717, 1.165) is 11.4 Å². The van der Waals surface area contributed by atoms with Crippen molar-refractivity contribution in [3.05, 3.63) is 53.1 Å². The first-order chi connectivity index (χ1) is 12.9. The van der Waals surface area contributed by atoms with Crippen molar-refractivity contribution >= 4 is 23.5 Å². The van der Waals surface area contributed by atoms with Gasteiger partial charge in [-0.3, -0.25) is 19.8 Å². The molecule has 0 aliphatic carbocycles. The minimum absolute atomic E-state index is 0.200. The topological polar surface area (TPSA) is 104 Å². The second-order valence-corrected chi connectivity index (χ2v) is 6.34. The second kappa shape index (κ2) is 7.94. The first kappa shape index (κ1) is 18.5. The Morgan fingerprint density at radius 2 is 1.89 bits per heavy atom. The number of hydrogen-bond donors (Lipinski definition) is 2. The lowest BCUT2D eigenvalue weighted by Crippen LogP contribution is -2.50. The zero-order chi connectivity index (χ0) is 19.4. The van der Waals surface area contributed by atoms with Gasteiger partial charge >= 0.3 is 6.03 Å². The second-order valence-electron chi connectivity index (χ2n) is 6.34. The Kier molecular flexibility index (Phi) is 5.44. The smallest absolute Gasteiger partial charge is 0.328 e. The van der Waals surface area contributed by atoms with Crippen LogP contribution in [0, 0.1) is 13.8 Å². The van der Waals surface area contributed by atoms with E-state index < -0.39 is 6.03 Å². The van der Waals surface area contributed by atoms with Gasteiger partial charge in [-0.15, -0.1) is 0 Å². The molecular weight excluding hydrogens is 346 g/mol. The molecule has 0 radical (unpaired) electrons. The number of nitrogens with one attached hydrogen (secondary N) is 2. The number of para-hydroxylation sites is 1. The molecule has 3 rings (SSSR count). The van der Waals surface area contributed by atoms with Crippen LogP contribution in [0.1, 0.15) is 34.0 Å². The predicted octanol–water partition coefficient (Wildman–Crippen LogP) is 1.51. The molecule has 0 atom stereocenters. The Hall–Kier alpha value is -3.29. The number of aromatic nitrogens is 2. The molecule has 0 saturated carbocycles. The number of nitrogens with zero attached hydrogens (tertiary/aromatic N) is 3. The van der Waals surface area contributed by atoms with Gasteiger partial charge in [-0.25, -0.2) is 14.8 Å². The Labute approximate surface area is 157 Å². The summed E-state index contributed by atoms with van der Waals surface area (Å²) in [6.07, 6.45) is 0.709. The number of aryl methyl sites for hydroxylation is 2. The number of carbonyl (C=O) groups is 3. The average molecular weight is 367 g/mol. The van der Waals surface area contributed by atoms with Gasteiger partial charge in [0.25, 0.3) is 5.91 Å². The van der Waals surface area contributed by atoms with E-state index >= 15 is 0 Å². The van der Waals surface area contributed by atoms with Crippen molar-refractivity contribution in [2.24, 2.45) is 0 Å². The predicted molar refractivity (Wildman–Crippen MR) is 99.5 cm³/mol. The summed E-state index contributed by atoms with van der Waals surface area (Å²) in [6, 6.07) is 8.21. The fraction of sp³-hybridized carbons (Fsp3) is 0.316. The minimum atomic E-state index is -0.518.